The van der Waals surface area contributed by atoms with Crippen molar-refractivity contribution < 1.29 is 4.39 Å². The van der Waals surface area contributed by atoms with Crippen LogP contribution in [0.4, 0.5) is 4.39 Å². The van der Waals surface area contributed by atoms with Crippen LogP contribution in [-0.2, 0) is 6.54 Å². The molecule has 1 atom stereocenters. The highest BCUT2D eigenvalue weighted by molar-refractivity contribution is 6.30. The monoisotopic (exact) mass is 292 g/mol. The number of benzene rings is 1. The van der Waals surface area contributed by atoms with E-state index in [2.05, 4.69) is 11.8 Å². The molecule has 0 aliphatic carbocycles. The van der Waals surface area contributed by atoms with E-state index in [-0.39, 0.29) is 28.7 Å². The topological polar surface area (TPSA) is 29.3 Å². The van der Waals surface area contributed by atoms with Crippen LogP contribution < -0.4 is 5.73 Å². The summed E-state index contributed by atoms with van der Waals surface area (Å²) < 4.78 is 13.7. The van der Waals surface area contributed by atoms with Gasteiger partial charge in [-0.25, -0.2) is 4.39 Å². The molecule has 102 valence electrons. The number of nitrogens with zero attached hydrogens (tertiary/aromatic N) is 1. The van der Waals surface area contributed by atoms with Crippen molar-refractivity contribution in [2.75, 3.05) is 19.6 Å². The smallest absolute Gasteiger partial charge is 0.146 e. The first kappa shape index (κ1) is 15.7. The van der Waals surface area contributed by atoms with Crippen molar-refractivity contribution >= 4 is 24.0 Å². The van der Waals surface area contributed by atoms with Crippen molar-refractivity contribution in [1.82, 2.24) is 4.90 Å². The van der Waals surface area contributed by atoms with Gasteiger partial charge in [0, 0.05) is 18.7 Å². The van der Waals surface area contributed by atoms with Gasteiger partial charge in [-0.1, -0.05) is 30.7 Å². The van der Waals surface area contributed by atoms with E-state index in [0.29, 0.717) is 18.7 Å². The van der Waals surface area contributed by atoms with Gasteiger partial charge in [-0.15, -0.1) is 12.4 Å². The van der Waals surface area contributed by atoms with E-state index in [1.54, 1.807) is 18.2 Å². The summed E-state index contributed by atoms with van der Waals surface area (Å²) >= 11 is 5.77. The minimum Gasteiger partial charge on any atom is -0.330 e. The lowest BCUT2D eigenvalue weighted by atomic mass is 9.90. The van der Waals surface area contributed by atoms with E-state index in [9.17, 15) is 4.39 Å². The summed E-state index contributed by atoms with van der Waals surface area (Å²) in [6, 6.07) is 5.16. The molecule has 0 aromatic heterocycles. The molecule has 0 spiro atoms. The van der Waals surface area contributed by atoms with Gasteiger partial charge in [-0.2, -0.15) is 0 Å². The molecule has 1 aromatic rings. The molecule has 1 unspecified atom stereocenters. The van der Waals surface area contributed by atoms with Crippen LogP contribution in [0.25, 0.3) is 0 Å². The lowest BCUT2D eigenvalue weighted by molar-refractivity contribution is 0.271. The second-order valence-corrected chi connectivity index (χ2v) is 5.60. The Morgan fingerprint density at radius 2 is 2.22 bits per heavy atom. The maximum absolute atomic E-state index is 13.7. The van der Waals surface area contributed by atoms with Crippen LogP contribution in [0.5, 0.6) is 0 Å². The Bertz CT molecular complexity index is 414. The maximum Gasteiger partial charge on any atom is 0.146 e. The molecule has 1 aliphatic heterocycles. The number of hydrogen-bond donors (Lipinski definition) is 1. The van der Waals surface area contributed by atoms with Gasteiger partial charge in [0.25, 0.3) is 0 Å². The van der Waals surface area contributed by atoms with Gasteiger partial charge >= 0.3 is 0 Å². The van der Waals surface area contributed by atoms with E-state index in [1.807, 2.05) is 0 Å². The second-order valence-electron chi connectivity index (χ2n) is 5.19. The van der Waals surface area contributed by atoms with Gasteiger partial charge in [0.05, 0.1) is 5.02 Å². The van der Waals surface area contributed by atoms with E-state index in [1.165, 1.54) is 0 Å². The summed E-state index contributed by atoms with van der Waals surface area (Å²) in [5, 5.41) is 0.197. The molecule has 1 aliphatic rings. The van der Waals surface area contributed by atoms with Gasteiger partial charge in [0.1, 0.15) is 5.82 Å². The van der Waals surface area contributed by atoms with Crippen molar-refractivity contribution in [3.63, 3.8) is 0 Å². The van der Waals surface area contributed by atoms with E-state index >= 15 is 0 Å². The zero-order valence-corrected chi connectivity index (χ0v) is 12.0. The number of hydrogen-bond acceptors (Lipinski definition) is 2. The quantitative estimate of drug-likeness (QED) is 0.928. The SMILES string of the molecule is CC1(CN)CCN(Cc2cccc(Cl)c2F)C1.Cl. The second kappa shape index (κ2) is 6.20. The molecule has 1 aromatic carbocycles. The highest BCUT2D eigenvalue weighted by Crippen LogP contribution is 2.30. The molecule has 18 heavy (non-hydrogen) atoms. The van der Waals surface area contributed by atoms with Crippen molar-refractivity contribution in [3.8, 4) is 0 Å². The van der Waals surface area contributed by atoms with Crippen LogP contribution in [0.1, 0.15) is 18.9 Å². The Kier molecular flexibility index (Phi) is 5.41. The molecule has 2 rings (SSSR count). The van der Waals surface area contributed by atoms with Crippen molar-refractivity contribution in [1.29, 1.82) is 0 Å². The molecular weight excluding hydrogens is 274 g/mol. The number of nitrogens with two attached hydrogens (primary N) is 1. The summed E-state index contributed by atoms with van der Waals surface area (Å²) in [6.07, 6.45) is 1.08. The lowest BCUT2D eigenvalue weighted by Gasteiger charge is -2.22. The fraction of sp³-hybridized carbons (Fsp3) is 0.538. The standard InChI is InChI=1S/C13H18ClFN2.ClH/c1-13(8-16)5-6-17(9-13)7-10-3-2-4-11(14)12(10)15;/h2-4H,5-9,16H2,1H3;1H. The van der Waals surface area contributed by atoms with Crippen molar-refractivity contribution in [3.05, 3.63) is 34.6 Å². The molecule has 5 heteroatoms. The molecule has 1 heterocycles. The van der Waals surface area contributed by atoms with Crippen LogP contribution in [-0.4, -0.2) is 24.5 Å². The van der Waals surface area contributed by atoms with Crippen LogP contribution in [0.3, 0.4) is 0 Å². The average molecular weight is 293 g/mol. The fourth-order valence-corrected chi connectivity index (χ4v) is 2.53. The third kappa shape index (κ3) is 3.35. The maximum atomic E-state index is 13.7. The molecule has 2 nitrogen and oxygen atoms in total. The summed E-state index contributed by atoms with van der Waals surface area (Å²) in [7, 11) is 0. The Morgan fingerprint density at radius 3 is 2.83 bits per heavy atom. The van der Waals surface area contributed by atoms with Crippen LogP contribution >= 0.6 is 24.0 Å². The van der Waals surface area contributed by atoms with E-state index in [0.717, 1.165) is 19.5 Å². The van der Waals surface area contributed by atoms with Crippen molar-refractivity contribution in [2.45, 2.75) is 19.9 Å². The Morgan fingerprint density at radius 1 is 1.50 bits per heavy atom. The summed E-state index contributed by atoms with van der Waals surface area (Å²) in [6.45, 7) is 5.37. The molecule has 0 radical (unpaired) electrons. The predicted octanol–water partition coefficient (Wildman–Crippen LogP) is 3.07. The first-order chi connectivity index (χ1) is 8.04. The molecular formula is C13H19Cl2FN2. The molecule has 0 saturated carbocycles. The Labute approximate surface area is 119 Å². The first-order valence-corrected chi connectivity index (χ1v) is 6.27. The minimum absolute atomic E-state index is 0. The number of likely N-dealkylation sites (tertiary alicyclic amines) is 1. The zero-order chi connectivity index (χ0) is 12.5. The van der Waals surface area contributed by atoms with Crippen LogP contribution in [0.15, 0.2) is 18.2 Å². The molecule has 0 amide bonds. The summed E-state index contributed by atoms with van der Waals surface area (Å²) in [4.78, 5) is 2.24. The van der Waals surface area contributed by atoms with Gasteiger partial charge < -0.3 is 5.73 Å². The first-order valence-electron chi connectivity index (χ1n) is 5.89. The average Bonchev–Trinajstić information content (AvgIpc) is 2.68. The predicted molar refractivity (Wildman–Crippen MR) is 75.7 cm³/mol. The highest BCUT2D eigenvalue weighted by Gasteiger charge is 2.32. The summed E-state index contributed by atoms with van der Waals surface area (Å²) in [5.41, 5.74) is 6.60. The van der Waals surface area contributed by atoms with Gasteiger partial charge in [-0.05, 0) is 31.0 Å². The number of halogens is 3. The Hall–Kier alpha value is -0.350. The molecule has 0 bridgehead atoms. The largest absolute Gasteiger partial charge is 0.330 e. The van der Waals surface area contributed by atoms with Gasteiger partial charge in [0.2, 0.25) is 0 Å². The Balaban J connectivity index is 0.00000162. The van der Waals surface area contributed by atoms with Gasteiger partial charge in [0.15, 0.2) is 0 Å². The van der Waals surface area contributed by atoms with Crippen LogP contribution in [0.2, 0.25) is 5.02 Å². The van der Waals surface area contributed by atoms with Crippen molar-refractivity contribution in [2.24, 2.45) is 11.1 Å². The van der Waals surface area contributed by atoms with E-state index < -0.39 is 0 Å². The zero-order valence-electron chi connectivity index (χ0n) is 10.5. The lowest BCUT2D eigenvalue weighted by Crippen LogP contribution is -2.31. The fourth-order valence-electron chi connectivity index (χ4n) is 2.34. The summed E-state index contributed by atoms with van der Waals surface area (Å²) in [5.74, 6) is -0.296. The number of rotatable bonds is 3. The molecule has 1 saturated heterocycles. The third-order valence-corrected chi connectivity index (χ3v) is 3.85. The molecule has 1 fully saturated rings. The third-order valence-electron chi connectivity index (χ3n) is 3.56. The minimum atomic E-state index is -0.296. The van der Waals surface area contributed by atoms with E-state index in [4.69, 9.17) is 17.3 Å². The highest BCUT2D eigenvalue weighted by atomic mass is 35.5. The van der Waals surface area contributed by atoms with Gasteiger partial charge in [-0.3, -0.25) is 4.90 Å². The normalized spacial score (nSPS) is 24.0. The van der Waals surface area contributed by atoms with Crippen LogP contribution in [0, 0.1) is 11.2 Å². The molecule has 2 N–H and O–H groups in total.